The van der Waals surface area contributed by atoms with E-state index in [0.29, 0.717) is 6.04 Å². The molecule has 0 bridgehead atoms. The van der Waals surface area contributed by atoms with Crippen LogP contribution in [0.25, 0.3) is 0 Å². The summed E-state index contributed by atoms with van der Waals surface area (Å²) < 4.78 is 0. The number of piperidine rings is 1. The average molecular weight is 156 g/mol. The average Bonchev–Trinajstić information content (AvgIpc) is 1.86. The molecule has 1 aliphatic rings. The Morgan fingerprint density at radius 1 is 1.73 bits per heavy atom. The molecule has 0 spiro atoms. The molecule has 0 radical (unpaired) electrons. The molecule has 3 N–H and O–H groups in total. The summed E-state index contributed by atoms with van der Waals surface area (Å²) in [7, 11) is 0. The van der Waals surface area contributed by atoms with E-state index >= 15 is 0 Å². The van der Waals surface area contributed by atoms with Crippen molar-refractivity contribution >= 4 is 5.91 Å². The number of hydrogen-bond donors (Lipinski definition) is 2. The third-order valence-corrected chi connectivity index (χ3v) is 2.42. The lowest BCUT2D eigenvalue weighted by Gasteiger charge is -2.35. The van der Waals surface area contributed by atoms with Gasteiger partial charge >= 0.3 is 0 Å². The monoisotopic (exact) mass is 156 g/mol. The smallest absolute Gasteiger partial charge is 0.237 e. The Labute approximate surface area is 67.3 Å². The number of rotatable bonds is 1. The van der Waals surface area contributed by atoms with Crippen molar-refractivity contribution in [1.29, 1.82) is 0 Å². The molecule has 1 rings (SSSR count). The van der Waals surface area contributed by atoms with E-state index in [4.69, 9.17) is 5.73 Å². The van der Waals surface area contributed by atoms with Crippen molar-refractivity contribution in [3.63, 3.8) is 0 Å². The molecule has 64 valence electrons. The van der Waals surface area contributed by atoms with Crippen molar-refractivity contribution in [2.45, 2.75) is 44.7 Å². The summed E-state index contributed by atoms with van der Waals surface area (Å²) in [6.45, 7) is 3.96. The molecule has 2 atom stereocenters. The van der Waals surface area contributed by atoms with Gasteiger partial charge in [-0.2, -0.15) is 0 Å². The van der Waals surface area contributed by atoms with E-state index < -0.39 is 5.54 Å². The second-order valence-electron chi connectivity index (χ2n) is 3.63. The first kappa shape index (κ1) is 8.53. The van der Waals surface area contributed by atoms with Gasteiger partial charge in [0.05, 0.1) is 5.54 Å². The van der Waals surface area contributed by atoms with Crippen LogP contribution in [0, 0.1) is 0 Å². The molecule has 0 aliphatic carbocycles. The zero-order valence-electron chi connectivity index (χ0n) is 7.18. The fourth-order valence-corrected chi connectivity index (χ4v) is 1.64. The van der Waals surface area contributed by atoms with Crippen molar-refractivity contribution in [2.75, 3.05) is 0 Å². The van der Waals surface area contributed by atoms with E-state index in [0.717, 1.165) is 19.3 Å². The second kappa shape index (κ2) is 2.81. The molecule has 0 aromatic rings. The summed E-state index contributed by atoms with van der Waals surface area (Å²) in [5.74, 6) is -0.232. The Balaban J connectivity index is 2.63. The summed E-state index contributed by atoms with van der Waals surface area (Å²) in [6.07, 6.45) is 3.10. The lowest BCUT2D eigenvalue weighted by atomic mass is 9.87. The molecular weight excluding hydrogens is 140 g/mol. The predicted molar refractivity (Wildman–Crippen MR) is 44.0 cm³/mol. The zero-order valence-corrected chi connectivity index (χ0v) is 7.18. The topological polar surface area (TPSA) is 55.1 Å². The maximum absolute atomic E-state index is 11.0. The van der Waals surface area contributed by atoms with E-state index in [1.807, 2.05) is 6.92 Å². The van der Waals surface area contributed by atoms with E-state index in [2.05, 4.69) is 12.2 Å². The number of carbonyl (C=O) groups is 1. The van der Waals surface area contributed by atoms with E-state index in [-0.39, 0.29) is 5.91 Å². The van der Waals surface area contributed by atoms with Gasteiger partial charge < -0.3 is 11.1 Å². The molecule has 11 heavy (non-hydrogen) atoms. The van der Waals surface area contributed by atoms with Gasteiger partial charge in [0.25, 0.3) is 0 Å². The number of nitrogens with two attached hydrogens (primary N) is 1. The molecule has 3 heteroatoms. The van der Waals surface area contributed by atoms with Gasteiger partial charge in [0.15, 0.2) is 0 Å². The quantitative estimate of drug-likeness (QED) is 0.577. The minimum Gasteiger partial charge on any atom is -0.368 e. The Kier molecular flexibility index (Phi) is 2.18. The van der Waals surface area contributed by atoms with Crippen molar-refractivity contribution in [3.8, 4) is 0 Å². The Bertz CT molecular complexity index is 169. The fourth-order valence-electron chi connectivity index (χ4n) is 1.64. The number of primary amides is 1. The van der Waals surface area contributed by atoms with Gasteiger partial charge in [-0.15, -0.1) is 0 Å². The SMILES string of the molecule is CC1CCCC(C)(C(N)=O)N1. The summed E-state index contributed by atoms with van der Waals surface area (Å²) in [5.41, 5.74) is 4.80. The summed E-state index contributed by atoms with van der Waals surface area (Å²) >= 11 is 0. The normalized spacial score (nSPS) is 38.5. The van der Waals surface area contributed by atoms with Crippen LogP contribution >= 0.6 is 0 Å². The molecule has 1 amide bonds. The van der Waals surface area contributed by atoms with Crippen LogP contribution in [0.2, 0.25) is 0 Å². The van der Waals surface area contributed by atoms with Gasteiger partial charge in [-0.25, -0.2) is 0 Å². The molecular formula is C8H16N2O. The van der Waals surface area contributed by atoms with Gasteiger partial charge in [-0.3, -0.25) is 4.79 Å². The minimum absolute atomic E-state index is 0.232. The standard InChI is InChI=1S/C8H16N2O/c1-6-4-3-5-8(2,10-6)7(9)11/h6,10H,3-5H2,1-2H3,(H2,9,11). The molecule has 1 saturated heterocycles. The Morgan fingerprint density at radius 2 is 2.36 bits per heavy atom. The minimum atomic E-state index is -0.461. The summed E-state index contributed by atoms with van der Waals surface area (Å²) in [4.78, 5) is 11.0. The highest BCUT2D eigenvalue weighted by Gasteiger charge is 2.34. The Morgan fingerprint density at radius 3 is 2.73 bits per heavy atom. The van der Waals surface area contributed by atoms with Gasteiger partial charge in [0, 0.05) is 6.04 Å². The van der Waals surface area contributed by atoms with Crippen molar-refractivity contribution in [2.24, 2.45) is 5.73 Å². The molecule has 0 saturated carbocycles. The van der Waals surface area contributed by atoms with Crippen molar-refractivity contribution in [1.82, 2.24) is 5.32 Å². The third kappa shape index (κ3) is 1.71. The molecule has 1 aliphatic heterocycles. The largest absolute Gasteiger partial charge is 0.368 e. The van der Waals surface area contributed by atoms with Crippen LogP contribution in [0.15, 0.2) is 0 Å². The maximum Gasteiger partial charge on any atom is 0.237 e. The van der Waals surface area contributed by atoms with Crippen LogP contribution in [0.3, 0.4) is 0 Å². The van der Waals surface area contributed by atoms with Crippen molar-refractivity contribution in [3.05, 3.63) is 0 Å². The number of amides is 1. The first-order chi connectivity index (χ1) is 5.04. The third-order valence-electron chi connectivity index (χ3n) is 2.42. The van der Waals surface area contributed by atoms with Gasteiger partial charge in [0.1, 0.15) is 0 Å². The molecule has 3 nitrogen and oxygen atoms in total. The molecule has 2 unspecified atom stereocenters. The molecule has 0 aromatic carbocycles. The maximum atomic E-state index is 11.0. The predicted octanol–water partition coefficient (Wildman–Crippen LogP) is 0.392. The van der Waals surface area contributed by atoms with E-state index in [1.165, 1.54) is 0 Å². The molecule has 1 fully saturated rings. The van der Waals surface area contributed by atoms with Crippen LogP contribution in [0.1, 0.15) is 33.1 Å². The zero-order chi connectivity index (χ0) is 8.48. The van der Waals surface area contributed by atoms with Crippen LogP contribution in [0.4, 0.5) is 0 Å². The van der Waals surface area contributed by atoms with Crippen molar-refractivity contribution < 1.29 is 4.79 Å². The fraction of sp³-hybridized carbons (Fsp3) is 0.875. The first-order valence-corrected chi connectivity index (χ1v) is 4.12. The van der Waals surface area contributed by atoms with Gasteiger partial charge in [0.2, 0.25) is 5.91 Å². The van der Waals surface area contributed by atoms with Crippen LogP contribution in [-0.4, -0.2) is 17.5 Å². The summed E-state index contributed by atoms with van der Waals surface area (Å²) in [6, 6.07) is 0.418. The number of nitrogens with one attached hydrogen (secondary N) is 1. The lowest BCUT2D eigenvalue weighted by Crippen LogP contribution is -2.58. The number of hydrogen-bond acceptors (Lipinski definition) is 2. The number of carbonyl (C=O) groups excluding carboxylic acids is 1. The lowest BCUT2D eigenvalue weighted by molar-refractivity contribution is -0.125. The van der Waals surface area contributed by atoms with Crippen LogP contribution < -0.4 is 11.1 Å². The van der Waals surface area contributed by atoms with E-state index in [1.54, 1.807) is 0 Å². The first-order valence-electron chi connectivity index (χ1n) is 4.12. The van der Waals surface area contributed by atoms with Crippen LogP contribution in [-0.2, 0) is 4.79 Å². The molecule has 1 heterocycles. The highest BCUT2D eigenvalue weighted by Crippen LogP contribution is 2.21. The Hall–Kier alpha value is -0.570. The highest BCUT2D eigenvalue weighted by molar-refractivity contribution is 5.84. The van der Waals surface area contributed by atoms with Crippen LogP contribution in [0.5, 0.6) is 0 Å². The highest BCUT2D eigenvalue weighted by atomic mass is 16.1. The van der Waals surface area contributed by atoms with E-state index in [9.17, 15) is 4.79 Å². The molecule has 0 aromatic heterocycles. The van der Waals surface area contributed by atoms with Gasteiger partial charge in [-0.05, 0) is 33.1 Å². The summed E-state index contributed by atoms with van der Waals surface area (Å²) in [5, 5.41) is 3.22. The second-order valence-corrected chi connectivity index (χ2v) is 3.63. The van der Waals surface area contributed by atoms with Gasteiger partial charge in [-0.1, -0.05) is 0 Å².